The molecule has 0 spiro atoms. The molecule has 0 bridgehead atoms. The van der Waals surface area contributed by atoms with Gasteiger partial charge < -0.3 is 15.0 Å². The number of methoxy groups -OCH3 is 1. The van der Waals surface area contributed by atoms with Gasteiger partial charge in [0.05, 0.1) is 19.2 Å². The van der Waals surface area contributed by atoms with E-state index in [1.54, 1.807) is 38.0 Å². The molecule has 0 aliphatic rings. The van der Waals surface area contributed by atoms with Gasteiger partial charge in [-0.1, -0.05) is 0 Å². The fraction of sp³-hybridized carbons (Fsp3) is 0.385. The first-order chi connectivity index (χ1) is 8.99. The van der Waals surface area contributed by atoms with Gasteiger partial charge in [0.15, 0.2) is 0 Å². The summed E-state index contributed by atoms with van der Waals surface area (Å²) in [5.74, 6) is 0.0226. The summed E-state index contributed by atoms with van der Waals surface area (Å²) >= 11 is 1.57. The first kappa shape index (κ1) is 15.4. The number of rotatable bonds is 5. The van der Waals surface area contributed by atoms with E-state index in [9.17, 15) is 9.59 Å². The van der Waals surface area contributed by atoms with Crippen molar-refractivity contribution in [3.8, 4) is 5.75 Å². The van der Waals surface area contributed by atoms with Gasteiger partial charge in [-0.25, -0.2) is 0 Å². The van der Waals surface area contributed by atoms with Crippen LogP contribution in [-0.4, -0.2) is 50.7 Å². The van der Waals surface area contributed by atoms with Crippen molar-refractivity contribution in [3.05, 3.63) is 23.8 Å². The van der Waals surface area contributed by atoms with E-state index in [1.807, 2.05) is 12.3 Å². The molecule has 0 heterocycles. The fourth-order valence-electron chi connectivity index (χ4n) is 1.40. The fourth-order valence-corrected chi connectivity index (χ4v) is 1.82. The standard InChI is InChI=1S/C13H18N2O3S/c1-15(2)12(16)8-14-13(17)10-6-5-9(19-4)7-11(10)18-3/h5-7H,8H2,1-4H3,(H,14,17). The summed E-state index contributed by atoms with van der Waals surface area (Å²) in [6.45, 7) is -0.0285. The second-order valence-corrected chi connectivity index (χ2v) is 4.92. The first-order valence-corrected chi connectivity index (χ1v) is 6.92. The number of benzene rings is 1. The Balaban J connectivity index is 2.79. The Morgan fingerprint density at radius 3 is 2.58 bits per heavy atom. The van der Waals surface area contributed by atoms with E-state index in [1.165, 1.54) is 12.0 Å². The molecule has 1 N–H and O–H groups in total. The van der Waals surface area contributed by atoms with E-state index in [4.69, 9.17) is 4.74 Å². The molecule has 0 aliphatic carbocycles. The van der Waals surface area contributed by atoms with Crippen LogP contribution in [0.15, 0.2) is 23.1 Å². The molecule has 0 fully saturated rings. The number of carbonyl (C=O) groups is 2. The lowest BCUT2D eigenvalue weighted by Crippen LogP contribution is -2.36. The maximum atomic E-state index is 12.0. The van der Waals surface area contributed by atoms with Gasteiger partial charge in [-0.3, -0.25) is 9.59 Å². The molecule has 104 valence electrons. The zero-order valence-electron chi connectivity index (χ0n) is 11.5. The summed E-state index contributed by atoms with van der Waals surface area (Å²) in [5.41, 5.74) is 0.423. The third-order valence-electron chi connectivity index (χ3n) is 2.55. The average Bonchev–Trinajstić information content (AvgIpc) is 2.43. The van der Waals surface area contributed by atoms with E-state index >= 15 is 0 Å². The molecule has 0 aliphatic heterocycles. The molecule has 6 heteroatoms. The number of hydrogen-bond donors (Lipinski definition) is 1. The van der Waals surface area contributed by atoms with Crippen molar-refractivity contribution >= 4 is 23.6 Å². The minimum Gasteiger partial charge on any atom is -0.496 e. The lowest BCUT2D eigenvalue weighted by Gasteiger charge is -2.12. The van der Waals surface area contributed by atoms with E-state index in [-0.39, 0.29) is 18.4 Å². The first-order valence-electron chi connectivity index (χ1n) is 5.70. The van der Waals surface area contributed by atoms with Crippen LogP contribution in [0.5, 0.6) is 5.75 Å². The minimum absolute atomic E-state index is 0.0285. The second kappa shape index (κ2) is 7.04. The van der Waals surface area contributed by atoms with Crippen LogP contribution in [0.4, 0.5) is 0 Å². The van der Waals surface area contributed by atoms with Crippen LogP contribution in [-0.2, 0) is 4.79 Å². The molecule has 1 aromatic rings. The quantitative estimate of drug-likeness (QED) is 0.825. The van der Waals surface area contributed by atoms with Gasteiger partial charge in [0, 0.05) is 19.0 Å². The van der Waals surface area contributed by atoms with E-state index in [0.29, 0.717) is 11.3 Å². The van der Waals surface area contributed by atoms with Crippen LogP contribution in [0.25, 0.3) is 0 Å². The Labute approximate surface area is 117 Å². The number of carbonyl (C=O) groups excluding carboxylic acids is 2. The van der Waals surface area contributed by atoms with Gasteiger partial charge in [-0.15, -0.1) is 11.8 Å². The molecule has 0 saturated heterocycles. The Bertz CT molecular complexity index is 475. The van der Waals surface area contributed by atoms with Crippen LogP contribution in [0.2, 0.25) is 0 Å². The van der Waals surface area contributed by atoms with Crippen LogP contribution in [0.3, 0.4) is 0 Å². The molecule has 1 aromatic carbocycles. The van der Waals surface area contributed by atoms with Crippen LogP contribution < -0.4 is 10.1 Å². The third kappa shape index (κ3) is 4.17. The number of nitrogens with one attached hydrogen (secondary N) is 1. The summed E-state index contributed by atoms with van der Waals surface area (Å²) in [7, 11) is 4.80. The number of likely N-dealkylation sites (N-methyl/N-ethyl adjacent to an activating group) is 1. The number of ether oxygens (including phenoxy) is 1. The molecule has 0 aromatic heterocycles. The summed E-state index contributed by atoms with van der Waals surface area (Å²) in [6.07, 6.45) is 1.95. The van der Waals surface area contributed by atoms with Crippen molar-refractivity contribution in [2.24, 2.45) is 0 Å². The van der Waals surface area contributed by atoms with Crippen LogP contribution in [0, 0.1) is 0 Å². The molecule has 1 rings (SSSR count). The summed E-state index contributed by atoms with van der Waals surface area (Å²) in [4.78, 5) is 25.8. The highest BCUT2D eigenvalue weighted by atomic mass is 32.2. The summed E-state index contributed by atoms with van der Waals surface area (Å²) < 4.78 is 5.19. The number of hydrogen-bond acceptors (Lipinski definition) is 4. The van der Waals surface area contributed by atoms with Crippen molar-refractivity contribution < 1.29 is 14.3 Å². The minimum atomic E-state index is -0.320. The number of nitrogens with zero attached hydrogens (tertiary/aromatic N) is 1. The van der Waals surface area contributed by atoms with Crippen molar-refractivity contribution in [2.75, 3.05) is 34.0 Å². The lowest BCUT2D eigenvalue weighted by atomic mass is 10.2. The van der Waals surface area contributed by atoms with Gasteiger partial charge in [0.1, 0.15) is 5.75 Å². The zero-order chi connectivity index (χ0) is 14.4. The molecule has 0 unspecified atom stereocenters. The highest BCUT2D eigenvalue weighted by molar-refractivity contribution is 7.98. The molecule has 5 nitrogen and oxygen atoms in total. The SMILES string of the molecule is COc1cc(SC)ccc1C(=O)NCC(=O)N(C)C. The average molecular weight is 282 g/mol. The molecule has 19 heavy (non-hydrogen) atoms. The molecule has 0 radical (unpaired) electrons. The smallest absolute Gasteiger partial charge is 0.255 e. The topological polar surface area (TPSA) is 58.6 Å². The molecular weight excluding hydrogens is 264 g/mol. The van der Waals surface area contributed by atoms with E-state index < -0.39 is 0 Å². The largest absolute Gasteiger partial charge is 0.496 e. The van der Waals surface area contributed by atoms with Gasteiger partial charge in [0.2, 0.25) is 5.91 Å². The van der Waals surface area contributed by atoms with Crippen molar-refractivity contribution in [1.29, 1.82) is 0 Å². The Hall–Kier alpha value is -1.69. The van der Waals surface area contributed by atoms with Crippen LogP contribution >= 0.6 is 11.8 Å². The second-order valence-electron chi connectivity index (χ2n) is 4.04. The molecular formula is C13H18N2O3S. The Morgan fingerprint density at radius 1 is 1.37 bits per heavy atom. The van der Waals surface area contributed by atoms with Gasteiger partial charge >= 0.3 is 0 Å². The predicted octanol–water partition coefficient (Wildman–Crippen LogP) is 1.24. The monoisotopic (exact) mass is 282 g/mol. The summed E-state index contributed by atoms with van der Waals surface area (Å²) in [5, 5.41) is 2.58. The highest BCUT2D eigenvalue weighted by Crippen LogP contribution is 2.25. The Kier molecular flexibility index (Phi) is 5.69. The predicted molar refractivity (Wildman–Crippen MR) is 75.8 cm³/mol. The van der Waals surface area contributed by atoms with E-state index in [2.05, 4.69) is 5.32 Å². The van der Waals surface area contributed by atoms with Gasteiger partial charge in [-0.05, 0) is 24.5 Å². The molecule has 0 atom stereocenters. The number of amides is 2. The van der Waals surface area contributed by atoms with Gasteiger partial charge in [-0.2, -0.15) is 0 Å². The number of thioether (sulfide) groups is 1. The van der Waals surface area contributed by atoms with Crippen molar-refractivity contribution in [3.63, 3.8) is 0 Å². The van der Waals surface area contributed by atoms with Crippen LogP contribution in [0.1, 0.15) is 10.4 Å². The maximum absolute atomic E-state index is 12.0. The summed E-state index contributed by atoms with van der Waals surface area (Å²) in [6, 6.07) is 5.34. The maximum Gasteiger partial charge on any atom is 0.255 e. The van der Waals surface area contributed by atoms with Gasteiger partial charge in [0.25, 0.3) is 5.91 Å². The Morgan fingerprint density at radius 2 is 2.05 bits per heavy atom. The van der Waals surface area contributed by atoms with Crippen molar-refractivity contribution in [1.82, 2.24) is 10.2 Å². The highest BCUT2D eigenvalue weighted by Gasteiger charge is 2.14. The third-order valence-corrected chi connectivity index (χ3v) is 3.28. The molecule has 2 amide bonds. The van der Waals surface area contributed by atoms with Crippen molar-refractivity contribution in [2.45, 2.75) is 4.90 Å². The molecule has 0 saturated carbocycles. The van der Waals surface area contributed by atoms with E-state index in [0.717, 1.165) is 4.90 Å². The normalized spacial score (nSPS) is 9.89. The zero-order valence-corrected chi connectivity index (χ0v) is 12.3. The lowest BCUT2D eigenvalue weighted by molar-refractivity contribution is -0.127.